The van der Waals surface area contributed by atoms with Gasteiger partial charge in [0.2, 0.25) is 0 Å². The van der Waals surface area contributed by atoms with Gasteiger partial charge >= 0.3 is 5.97 Å². The fourth-order valence-electron chi connectivity index (χ4n) is 1.95. The average Bonchev–Trinajstić information content (AvgIpc) is 2.38. The third kappa shape index (κ3) is 3.39. The summed E-state index contributed by atoms with van der Waals surface area (Å²) in [6.07, 6.45) is 2.09. The van der Waals surface area contributed by atoms with Crippen molar-refractivity contribution in [3.63, 3.8) is 0 Å². The second-order valence-electron chi connectivity index (χ2n) is 4.25. The summed E-state index contributed by atoms with van der Waals surface area (Å²) in [4.78, 5) is 13.7. The van der Waals surface area contributed by atoms with Gasteiger partial charge in [-0.2, -0.15) is 0 Å². The highest BCUT2D eigenvalue weighted by molar-refractivity contribution is 5.92. The van der Waals surface area contributed by atoms with Crippen LogP contribution < -0.4 is 10.6 Å². The minimum absolute atomic E-state index is 0.329. The Morgan fingerprint density at radius 3 is 2.39 bits per heavy atom. The number of nitrogens with two attached hydrogens (primary N) is 1. The highest BCUT2D eigenvalue weighted by atomic mass is 16.5. The van der Waals surface area contributed by atoms with E-state index in [9.17, 15) is 4.79 Å². The molecule has 0 aliphatic heterocycles. The van der Waals surface area contributed by atoms with Crippen LogP contribution in [0, 0.1) is 0 Å². The van der Waals surface area contributed by atoms with Crippen molar-refractivity contribution < 1.29 is 9.53 Å². The molecule has 2 N–H and O–H groups in total. The molecule has 1 aromatic rings. The van der Waals surface area contributed by atoms with Gasteiger partial charge < -0.3 is 15.4 Å². The average molecular weight is 250 g/mol. The van der Waals surface area contributed by atoms with E-state index in [0.29, 0.717) is 11.3 Å². The van der Waals surface area contributed by atoms with Gasteiger partial charge in [-0.15, -0.1) is 0 Å². The Bertz CT molecular complexity index is 399. The van der Waals surface area contributed by atoms with E-state index >= 15 is 0 Å². The third-order valence-electron chi connectivity index (χ3n) is 2.78. The molecule has 0 fully saturated rings. The number of rotatable bonds is 6. The second kappa shape index (κ2) is 6.89. The molecule has 4 heteroatoms. The van der Waals surface area contributed by atoms with Crippen LogP contribution in [0.1, 0.15) is 37.0 Å². The lowest BCUT2D eigenvalue weighted by molar-refractivity contribution is 0.0601. The number of carbonyl (C=O) groups excluding carboxylic acids is 1. The maximum absolute atomic E-state index is 11.5. The molecule has 0 amide bonds. The number of hydrogen-bond acceptors (Lipinski definition) is 4. The van der Waals surface area contributed by atoms with Gasteiger partial charge in [0.05, 0.1) is 24.0 Å². The Morgan fingerprint density at radius 1 is 1.28 bits per heavy atom. The van der Waals surface area contributed by atoms with E-state index in [2.05, 4.69) is 18.7 Å². The number of ether oxygens (including phenoxy) is 1. The highest BCUT2D eigenvalue weighted by Crippen LogP contribution is 2.25. The molecule has 0 bridgehead atoms. The van der Waals surface area contributed by atoms with Crippen LogP contribution in [0.4, 0.5) is 11.4 Å². The van der Waals surface area contributed by atoms with Crippen molar-refractivity contribution in [2.45, 2.75) is 26.7 Å². The number of nitrogens with zero attached hydrogens (tertiary/aromatic N) is 1. The Labute approximate surface area is 109 Å². The van der Waals surface area contributed by atoms with Gasteiger partial charge in [0.1, 0.15) is 0 Å². The minimum atomic E-state index is -0.329. The van der Waals surface area contributed by atoms with Crippen molar-refractivity contribution in [3.05, 3.63) is 23.8 Å². The molecule has 0 aliphatic rings. The van der Waals surface area contributed by atoms with E-state index in [0.717, 1.165) is 31.6 Å². The van der Waals surface area contributed by atoms with Crippen LogP contribution in [-0.4, -0.2) is 26.2 Å². The maximum Gasteiger partial charge on any atom is 0.337 e. The first kappa shape index (κ1) is 14.4. The molecule has 1 aromatic carbocycles. The number of hydrogen-bond donors (Lipinski definition) is 1. The summed E-state index contributed by atoms with van der Waals surface area (Å²) in [7, 11) is 1.38. The summed E-state index contributed by atoms with van der Waals surface area (Å²) >= 11 is 0. The number of nitrogen functional groups attached to an aromatic ring is 1. The van der Waals surface area contributed by atoms with Gasteiger partial charge in [0.25, 0.3) is 0 Å². The van der Waals surface area contributed by atoms with Gasteiger partial charge in [0, 0.05) is 13.1 Å². The predicted octanol–water partition coefficient (Wildman–Crippen LogP) is 2.68. The fraction of sp³-hybridized carbons (Fsp3) is 0.500. The molecule has 0 spiro atoms. The first-order valence-corrected chi connectivity index (χ1v) is 6.36. The minimum Gasteiger partial charge on any atom is -0.465 e. The molecule has 0 aromatic heterocycles. The molecule has 4 nitrogen and oxygen atoms in total. The van der Waals surface area contributed by atoms with E-state index in [1.807, 2.05) is 6.07 Å². The zero-order valence-electron chi connectivity index (χ0n) is 11.4. The number of benzene rings is 1. The van der Waals surface area contributed by atoms with Gasteiger partial charge in [-0.05, 0) is 31.0 Å². The summed E-state index contributed by atoms with van der Waals surface area (Å²) in [5.41, 5.74) is 8.16. The van der Waals surface area contributed by atoms with Crippen molar-refractivity contribution in [1.82, 2.24) is 0 Å². The molecule has 1 rings (SSSR count). The zero-order valence-corrected chi connectivity index (χ0v) is 11.4. The highest BCUT2D eigenvalue weighted by Gasteiger charge is 2.12. The van der Waals surface area contributed by atoms with Crippen LogP contribution in [0.5, 0.6) is 0 Å². The van der Waals surface area contributed by atoms with Crippen molar-refractivity contribution >= 4 is 17.3 Å². The van der Waals surface area contributed by atoms with Gasteiger partial charge in [-0.25, -0.2) is 4.79 Å². The van der Waals surface area contributed by atoms with Crippen molar-refractivity contribution in [1.29, 1.82) is 0 Å². The van der Waals surface area contributed by atoms with Crippen LogP contribution in [-0.2, 0) is 4.74 Å². The molecule has 100 valence electrons. The molecule has 18 heavy (non-hydrogen) atoms. The Hall–Kier alpha value is -1.71. The molecule has 0 atom stereocenters. The Kier molecular flexibility index (Phi) is 5.49. The zero-order chi connectivity index (χ0) is 13.5. The van der Waals surface area contributed by atoms with Crippen molar-refractivity contribution in [2.24, 2.45) is 0 Å². The first-order valence-electron chi connectivity index (χ1n) is 6.36. The van der Waals surface area contributed by atoms with Crippen molar-refractivity contribution in [2.75, 3.05) is 30.8 Å². The normalized spacial score (nSPS) is 10.2. The number of carbonyl (C=O) groups is 1. The molecule has 0 aliphatic carbocycles. The smallest absolute Gasteiger partial charge is 0.337 e. The summed E-state index contributed by atoms with van der Waals surface area (Å²) < 4.78 is 4.73. The lowest BCUT2D eigenvalue weighted by Crippen LogP contribution is -2.26. The third-order valence-corrected chi connectivity index (χ3v) is 2.78. The fourth-order valence-corrected chi connectivity index (χ4v) is 1.95. The van der Waals surface area contributed by atoms with E-state index in [-0.39, 0.29) is 5.97 Å². The maximum atomic E-state index is 11.5. The monoisotopic (exact) mass is 250 g/mol. The number of anilines is 2. The Morgan fingerprint density at radius 2 is 1.89 bits per heavy atom. The van der Waals surface area contributed by atoms with Crippen LogP contribution in [0.15, 0.2) is 18.2 Å². The van der Waals surface area contributed by atoms with Crippen LogP contribution >= 0.6 is 0 Å². The summed E-state index contributed by atoms with van der Waals surface area (Å²) in [6, 6.07) is 5.27. The molecule has 0 saturated carbocycles. The molecule has 0 saturated heterocycles. The van der Waals surface area contributed by atoms with E-state index in [4.69, 9.17) is 10.5 Å². The lowest BCUT2D eigenvalue weighted by Gasteiger charge is -2.25. The van der Waals surface area contributed by atoms with Crippen molar-refractivity contribution in [3.8, 4) is 0 Å². The molecule has 0 radical (unpaired) electrons. The standard InChI is InChI=1S/C14H22N2O2/c1-4-8-16(9-5-2)13-10-11(14(17)18-3)6-7-12(13)15/h6-7,10H,4-5,8-9,15H2,1-3H3. The molecular formula is C14H22N2O2. The van der Waals surface area contributed by atoms with Gasteiger partial charge in [0.15, 0.2) is 0 Å². The van der Waals surface area contributed by atoms with Crippen LogP contribution in [0.25, 0.3) is 0 Å². The SMILES string of the molecule is CCCN(CCC)c1cc(C(=O)OC)ccc1N. The predicted molar refractivity (Wildman–Crippen MR) is 75.0 cm³/mol. The van der Waals surface area contributed by atoms with Crippen LogP contribution in [0.2, 0.25) is 0 Å². The van der Waals surface area contributed by atoms with E-state index in [1.54, 1.807) is 12.1 Å². The molecule has 0 unspecified atom stereocenters. The topological polar surface area (TPSA) is 55.6 Å². The number of methoxy groups -OCH3 is 1. The van der Waals surface area contributed by atoms with E-state index < -0.39 is 0 Å². The first-order chi connectivity index (χ1) is 8.63. The number of esters is 1. The summed E-state index contributed by atoms with van der Waals surface area (Å²) in [5, 5.41) is 0. The second-order valence-corrected chi connectivity index (χ2v) is 4.25. The van der Waals surface area contributed by atoms with Gasteiger partial charge in [-0.3, -0.25) is 0 Å². The quantitative estimate of drug-likeness (QED) is 0.623. The largest absolute Gasteiger partial charge is 0.465 e. The summed E-state index contributed by atoms with van der Waals surface area (Å²) in [5.74, 6) is -0.329. The molecular weight excluding hydrogens is 228 g/mol. The van der Waals surface area contributed by atoms with Gasteiger partial charge in [-0.1, -0.05) is 13.8 Å². The van der Waals surface area contributed by atoms with E-state index in [1.165, 1.54) is 7.11 Å². The van der Waals surface area contributed by atoms with Crippen LogP contribution in [0.3, 0.4) is 0 Å². The Balaban J connectivity index is 3.07. The summed E-state index contributed by atoms with van der Waals surface area (Å²) in [6.45, 7) is 6.12. The molecule has 0 heterocycles. The lowest BCUT2D eigenvalue weighted by atomic mass is 10.1.